The molecule has 0 fully saturated rings. The molecule has 18 heavy (non-hydrogen) atoms. The first-order valence-electron chi connectivity index (χ1n) is 6.21. The first kappa shape index (κ1) is 14.5. The molecule has 1 aromatic rings. The van der Waals surface area contributed by atoms with E-state index in [2.05, 4.69) is 16.4 Å². The Bertz CT molecular complexity index is 392. The van der Waals surface area contributed by atoms with Crippen molar-refractivity contribution in [3.05, 3.63) is 24.0 Å². The number of nitriles is 1. The maximum absolute atomic E-state index is 8.88. The molecule has 0 atom stereocenters. The van der Waals surface area contributed by atoms with E-state index in [9.17, 15) is 0 Å². The van der Waals surface area contributed by atoms with E-state index in [1.54, 1.807) is 6.20 Å². The smallest absolute Gasteiger partial charge is 0.137 e. The number of rotatable bonds is 7. The van der Waals surface area contributed by atoms with Gasteiger partial charge in [0.25, 0.3) is 0 Å². The zero-order valence-corrected chi connectivity index (χ0v) is 11.4. The fourth-order valence-electron chi connectivity index (χ4n) is 1.54. The van der Waals surface area contributed by atoms with Crippen LogP contribution in [0.15, 0.2) is 18.3 Å². The summed E-state index contributed by atoms with van der Waals surface area (Å²) in [6.45, 7) is 5.27. The molecule has 0 spiro atoms. The zero-order chi connectivity index (χ0) is 13.4. The third kappa shape index (κ3) is 5.15. The van der Waals surface area contributed by atoms with Crippen molar-refractivity contribution in [3.63, 3.8) is 0 Å². The molecule has 0 amide bonds. The fraction of sp³-hybridized carbons (Fsp3) is 0.571. The summed E-state index contributed by atoms with van der Waals surface area (Å²) in [5, 5.41) is 11.9. The second-order valence-electron chi connectivity index (χ2n) is 4.96. The van der Waals surface area contributed by atoms with Crippen LogP contribution < -0.4 is 10.1 Å². The molecule has 98 valence electrons. The van der Waals surface area contributed by atoms with E-state index in [0.717, 1.165) is 30.8 Å². The van der Waals surface area contributed by atoms with Crippen LogP contribution in [0, 0.1) is 16.7 Å². The lowest BCUT2D eigenvalue weighted by atomic mass is 9.90. The van der Waals surface area contributed by atoms with Gasteiger partial charge in [-0.2, -0.15) is 5.26 Å². The average molecular weight is 247 g/mol. The van der Waals surface area contributed by atoms with Crippen LogP contribution in [0.3, 0.4) is 0 Å². The molecule has 1 heterocycles. The van der Waals surface area contributed by atoms with Gasteiger partial charge in [0.15, 0.2) is 0 Å². The van der Waals surface area contributed by atoms with Gasteiger partial charge in [0.2, 0.25) is 0 Å². The summed E-state index contributed by atoms with van der Waals surface area (Å²) >= 11 is 0. The Morgan fingerprint density at radius 3 is 2.78 bits per heavy atom. The van der Waals surface area contributed by atoms with Crippen LogP contribution in [0.2, 0.25) is 0 Å². The SMILES string of the molecule is CNCc1ccc(OCCCC(C)(C)C#N)cn1. The lowest BCUT2D eigenvalue weighted by Crippen LogP contribution is -2.10. The molecular formula is C14H21N3O. The number of hydrogen-bond donors (Lipinski definition) is 1. The standard InChI is InChI=1S/C14H21N3O/c1-14(2,11-15)7-4-8-18-13-6-5-12(9-16-3)17-10-13/h5-6,10,16H,4,7-9H2,1-3H3. The maximum atomic E-state index is 8.88. The van der Waals surface area contributed by atoms with Gasteiger partial charge in [-0.05, 0) is 45.9 Å². The molecule has 0 aliphatic heterocycles. The van der Waals surface area contributed by atoms with Gasteiger partial charge in [0.1, 0.15) is 5.75 Å². The molecule has 1 rings (SSSR count). The van der Waals surface area contributed by atoms with Crippen LogP contribution in [0.5, 0.6) is 5.75 Å². The first-order chi connectivity index (χ1) is 8.57. The van der Waals surface area contributed by atoms with E-state index in [1.807, 2.05) is 33.0 Å². The molecule has 0 radical (unpaired) electrons. The minimum absolute atomic E-state index is 0.266. The highest BCUT2D eigenvalue weighted by molar-refractivity contribution is 5.19. The minimum atomic E-state index is -0.266. The van der Waals surface area contributed by atoms with Gasteiger partial charge in [-0.25, -0.2) is 0 Å². The lowest BCUT2D eigenvalue weighted by molar-refractivity contribution is 0.283. The lowest BCUT2D eigenvalue weighted by Gasteiger charge is -2.14. The molecule has 4 heteroatoms. The second kappa shape index (κ2) is 6.97. The molecule has 0 saturated carbocycles. The first-order valence-corrected chi connectivity index (χ1v) is 6.21. The molecule has 1 aromatic heterocycles. The van der Waals surface area contributed by atoms with Crippen molar-refractivity contribution < 1.29 is 4.74 Å². The van der Waals surface area contributed by atoms with Gasteiger partial charge in [-0.1, -0.05) is 0 Å². The predicted octanol–water partition coefficient (Wildman–Crippen LogP) is 2.51. The van der Waals surface area contributed by atoms with Crippen LogP contribution in [0.1, 0.15) is 32.4 Å². The Hall–Kier alpha value is -1.60. The van der Waals surface area contributed by atoms with Gasteiger partial charge in [-0.15, -0.1) is 0 Å². The molecule has 0 aromatic carbocycles. The van der Waals surface area contributed by atoms with Gasteiger partial charge in [0, 0.05) is 6.54 Å². The third-order valence-corrected chi connectivity index (χ3v) is 2.67. The quantitative estimate of drug-likeness (QED) is 0.752. The Kier molecular flexibility index (Phi) is 5.60. The second-order valence-corrected chi connectivity index (χ2v) is 4.96. The van der Waals surface area contributed by atoms with Crippen LogP contribution in [-0.4, -0.2) is 18.6 Å². The highest BCUT2D eigenvalue weighted by atomic mass is 16.5. The topological polar surface area (TPSA) is 57.9 Å². The molecule has 0 aliphatic rings. The molecule has 4 nitrogen and oxygen atoms in total. The summed E-state index contributed by atoms with van der Waals surface area (Å²) in [5.41, 5.74) is 0.730. The van der Waals surface area contributed by atoms with Gasteiger partial charge in [-0.3, -0.25) is 4.98 Å². The van der Waals surface area contributed by atoms with E-state index in [1.165, 1.54) is 0 Å². The normalized spacial score (nSPS) is 11.0. The van der Waals surface area contributed by atoms with Crippen molar-refractivity contribution in [1.29, 1.82) is 5.26 Å². The Labute approximate surface area is 109 Å². The van der Waals surface area contributed by atoms with Crippen molar-refractivity contribution in [1.82, 2.24) is 10.3 Å². The number of pyridine rings is 1. The molecular weight excluding hydrogens is 226 g/mol. The van der Waals surface area contributed by atoms with Crippen molar-refractivity contribution in [2.24, 2.45) is 5.41 Å². The number of hydrogen-bond acceptors (Lipinski definition) is 4. The van der Waals surface area contributed by atoms with E-state index in [4.69, 9.17) is 10.00 Å². The number of ether oxygens (including phenoxy) is 1. The fourth-order valence-corrected chi connectivity index (χ4v) is 1.54. The highest BCUT2D eigenvalue weighted by Crippen LogP contribution is 2.20. The summed E-state index contributed by atoms with van der Waals surface area (Å²) in [6, 6.07) is 6.16. The summed E-state index contributed by atoms with van der Waals surface area (Å²) in [6.07, 6.45) is 3.45. The van der Waals surface area contributed by atoms with Crippen molar-refractivity contribution in [2.45, 2.75) is 33.2 Å². The van der Waals surface area contributed by atoms with E-state index >= 15 is 0 Å². The van der Waals surface area contributed by atoms with E-state index < -0.39 is 0 Å². The summed E-state index contributed by atoms with van der Waals surface area (Å²) < 4.78 is 5.59. The third-order valence-electron chi connectivity index (χ3n) is 2.67. The molecule has 1 N–H and O–H groups in total. The van der Waals surface area contributed by atoms with Crippen molar-refractivity contribution >= 4 is 0 Å². The molecule has 0 aliphatic carbocycles. The van der Waals surface area contributed by atoms with Gasteiger partial charge < -0.3 is 10.1 Å². The molecule has 0 saturated heterocycles. The van der Waals surface area contributed by atoms with Gasteiger partial charge >= 0.3 is 0 Å². The summed E-state index contributed by atoms with van der Waals surface area (Å²) in [4.78, 5) is 4.27. The van der Waals surface area contributed by atoms with Crippen LogP contribution in [0.4, 0.5) is 0 Å². The predicted molar refractivity (Wildman–Crippen MR) is 71.1 cm³/mol. The van der Waals surface area contributed by atoms with Crippen LogP contribution in [-0.2, 0) is 6.54 Å². The van der Waals surface area contributed by atoms with E-state index in [0.29, 0.717) is 6.61 Å². The minimum Gasteiger partial charge on any atom is -0.492 e. The largest absolute Gasteiger partial charge is 0.492 e. The van der Waals surface area contributed by atoms with Gasteiger partial charge in [0.05, 0.1) is 30.0 Å². The number of nitrogens with zero attached hydrogens (tertiary/aromatic N) is 2. The Morgan fingerprint density at radius 2 is 2.22 bits per heavy atom. The number of aromatic nitrogens is 1. The van der Waals surface area contributed by atoms with E-state index in [-0.39, 0.29) is 5.41 Å². The van der Waals surface area contributed by atoms with Crippen LogP contribution >= 0.6 is 0 Å². The van der Waals surface area contributed by atoms with Crippen molar-refractivity contribution in [2.75, 3.05) is 13.7 Å². The average Bonchev–Trinajstić information content (AvgIpc) is 2.37. The summed E-state index contributed by atoms with van der Waals surface area (Å²) in [7, 11) is 1.89. The highest BCUT2D eigenvalue weighted by Gasteiger charge is 2.15. The van der Waals surface area contributed by atoms with Crippen molar-refractivity contribution in [3.8, 4) is 11.8 Å². The Morgan fingerprint density at radius 1 is 1.44 bits per heavy atom. The molecule has 0 bridgehead atoms. The number of nitrogens with one attached hydrogen (secondary N) is 1. The Balaban J connectivity index is 2.30. The van der Waals surface area contributed by atoms with Crippen LogP contribution in [0.25, 0.3) is 0 Å². The molecule has 0 unspecified atom stereocenters. The monoisotopic (exact) mass is 247 g/mol. The summed E-state index contributed by atoms with van der Waals surface area (Å²) in [5.74, 6) is 0.782. The maximum Gasteiger partial charge on any atom is 0.137 e. The zero-order valence-electron chi connectivity index (χ0n) is 11.4.